The molecule has 122 valence electrons. The summed E-state index contributed by atoms with van der Waals surface area (Å²) in [6.45, 7) is 0. The Balaban J connectivity index is 1.85. The van der Waals surface area contributed by atoms with Gasteiger partial charge in [-0.25, -0.2) is 15.0 Å². The number of hydrogen-bond acceptors (Lipinski definition) is 5. The molecule has 0 atom stereocenters. The lowest BCUT2D eigenvalue weighted by Gasteiger charge is -2.04. The number of pyridine rings is 1. The van der Waals surface area contributed by atoms with Crippen molar-refractivity contribution >= 4 is 53.4 Å². The summed E-state index contributed by atoms with van der Waals surface area (Å²) < 4.78 is 4.60. The van der Waals surface area contributed by atoms with Crippen molar-refractivity contribution in [2.75, 3.05) is 0 Å². The molecule has 26 heavy (non-hydrogen) atoms. The highest BCUT2D eigenvalue weighted by Gasteiger charge is 2.17. The van der Waals surface area contributed by atoms with E-state index in [-0.39, 0.29) is 0 Å². The summed E-state index contributed by atoms with van der Waals surface area (Å²) in [6.07, 6.45) is 4.87. The Hall–Kier alpha value is -3.38. The molecule has 6 rings (SSSR count). The first-order valence-electron chi connectivity index (χ1n) is 8.23. The average molecular weight is 353 g/mol. The van der Waals surface area contributed by atoms with E-state index >= 15 is 0 Å². The molecule has 0 radical (unpaired) electrons. The van der Waals surface area contributed by atoms with Gasteiger partial charge in [0.2, 0.25) is 5.95 Å². The molecule has 0 aliphatic carbocycles. The molecule has 4 aromatic heterocycles. The first-order chi connectivity index (χ1) is 12.9. The average Bonchev–Trinajstić information content (AvgIpc) is 3.22. The Morgan fingerprint density at radius 1 is 0.731 bits per heavy atom. The highest BCUT2D eigenvalue weighted by Crippen LogP contribution is 2.39. The fourth-order valence-electron chi connectivity index (χ4n) is 3.61. The van der Waals surface area contributed by atoms with E-state index in [1.807, 2.05) is 12.3 Å². The van der Waals surface area contributed by atoms with Crippen LogP contribution in [0.4, 0.5) is 0 Å². The zero-order valence-electron chi connectivity index (χ0n) is 13.5. The van der Waals surface area contributed by atoms with Crippen molar-refractivity contribution < 1.29 is 0 Å². The maximum Gasteiger partial charge on any atom is 0.237 e. The highest BCUT2D eigenvalue weighted by atomic mass is 32.1. The van der Waals surface area contributed by atoms with E-state index in [0.29, 0.717) is 5.95 Å². The van der Waals surface area contributed by atoms with Crippen molar-refractivity contribution in [3.05, 3.63) is 67.4 Å². The number of nitrogens with zero attached hydrogens (tertiary/aromatic N) is 5. The molecule has 0 unspecified atom stereocenters. The molecular weight excluding hydrogens is 342 g/mol. The zero-order chi connectivity index (χ0) is 17.1. The summed E-state index contributed by atoms with van der Waals surface area (Å²) in [7, 11) is 0. The summed E-state index contributed by atoms with van der Waals surface area (Å²) in [5.74, 6) is 0.605. The SMILES string of the molecule is c1ccc2c(c1)sc1cc3c(cc12)c1ncccc1n3-c1ncncn1. The molecule has 0 spiro atoms. The van der Waals surface area contributed by atoms with Gasteiger partial charge >= 0.3 is 0 Å². The van der Waals surface area contributed by atoms with Crippen molar-refractivity contribution in [1.82, 2.24) is 24.5 Å². The summed E-state index contributed by atoms with van der Waals surface area (Å²) in [5.41, 5.74) is 3.01. The number of thiophene rings is 1. The smallest absolute Gasteiger partial charge is 0.237 e. The van der Waals surface area contributed by atoms with Crippen LogP contribution in [0.5, 0.6) is 0 Å². The lowest BCUT2D eigenvalue weighted by Crippen LogP contribution is -2.00. The van der Waals surface area contributed by atoms with Crippen LogP contribution in [0.15, 0.2) is 67.4 Å². The van der Waals surface area contributed by atoms with Crippen molar-refractivity contribution in [1.29, 1.82) is 0 Å². The molecule has 2 aromatic carbocycles. The number of benzene rings is 2. The van der Waals surface area contributed by atoms with Crippen LogP contribution in [0.3, 0.4) is 0 Å². The van der Waals surface area contributed by atoms with Crippen molar-refractivity contribution in [3.63, 3.8) is 0 Å². The number of hydrogen-bond donors (Lipinski definition) is 0. The Kier molecular flexibility index (Phi) is 2.70. The molecule has 0 aliphatic rings. The molecule has 0 N–H and O–H groups in total. The van der Waals surface area contributed by atoms with E-state index in [2.05, 4.69) is 67.0 Å². The molecule has 0 saturated heterocycles. The van der Waals surface area contributed by atoms with Gasteiger partial charge in [0.05, 0.1) is 16.6 Å². The lowest BCUT2D eigenvalue weighted by atomic mass is 10.1. The van der Waals surface area contributed by atoms with Gasteiger partial charge in [0.25, 0.3) is 0 Å². The van der Waals surface area contributed by atoms with E-state index in [1.165, 1.54) is 32.8 Å². The Morgan fingerprint density at radius 3 is 2.54 bits per heavy atom. The Morgan fingerprint density at radius 2 is 1.62 bits per heavy atom. The highest BCUT2D eigenvalue weighted by molar-refractivity contribution is 7.25. The van der Waals surface area contributed by atoms with Crippen LogP contribution in [0, 0.1) is 0 Å². The van der Waals surface area contributed by atoms with Gasteiger partial charge < -0.3 is 0 Å². The normalized spacial score (nSPS) is 11.8. The molecule has 0 saturated carbocycles. The number of aromatic nitrogens is 5. The maximum absolute atomic E-state index is 4.64. The molecule has 4 heterocycles. The van der Waals surface area contributed by atoms with E-state index < -0.39 is 0 Å². The summed E-state index contributed by atoms with van der Waals surface area (Å²) in [5, 5.41) is 3.65. The predicted octanol–water partition coefficient (Wildman–Crippen LogP) is 4.73. The zero-order valence-corrected chi connectivity index (χ0v) is 14.3. The first kappa shape index (κ1) is 13.9. The van der Waals surface area contributed by atoms with Crippen molar-refractivity contribution in [2.45, 2.75) is 0 Å². The minimum absolute atomic E-state index is 0.605. The van der Waals surface area contributed by atoms with E-state index in [0.717, 1.165) is 21.9 Å². The second kappa shape index (κ2) is 5.06. The molecule has 0 amide bonds. The molecule has 5 nitrogen and oxygen atoms in total. The van der Waals surface area contributed by atoms with Gasteiger partial charge in [0, 0.05) is 31.8 Å². The van der Waals surface area contributed by atoms with Gasteiger partial charge in [-0.15, -0.1) is 11.3 Å². The Labute approximate surface area is 151 Å². The third-order valence-corrected chi connectivity index (χ3v) is 5.83. The lowest BCUT2D eigenvalue weighted by molar-refractivity contribution is 0.939. The van der Waals surface area contributed by atoms with Gasteiger partial charge in [0.15, 0.2) is 0 Å². The molecule has 0 bridgehead atoms. The summed E-state index contributed by atoms with van der Waals surface area (Å²) in [4.78, 5) is 17.3. The van der Waals surface area contributed by atoms with Crippen LogP contribution in [0.1, 0.15) is 0 Å². The van der Waals surface area contributed by atoms with Crippen LogP contribution in [-0.4, -0.2) is 24.5 Å². The summed E-state index contributed by atoms with van der Waals surface area (Å²) >= 11 is 1.80. The number of rotatable bonds is 1. The van der Waals surface area contributed by atoms with Gasteiger partial charge in [-0.1, -0.05) is 18.2 Å². The second-order valence-electron chi connectivity index (χ2n) is 6.11. The van der Waals surface area contributed by atoms with Crippen LogP contribution in [0.25, 0.3) is 48.1 Å². The monoisotopic (exact) mass is 353 g/mol. The van der Waals surface area contributed by atoms with E-state index in [9.17, 15) is 0 Å². The Bertz CT molecular complexity index is 1430. The molecule has 6 heteroatoms. The number of fused-ring (bicyclic) bond motifs is 6. The fourth-order valence-corrected chi connectivity index (χ4v) is 4.73. The predicted molar refractivity (Wildman–Crippen MR) is 105 cm³/mol. The molecular formula is C20H11N5S. The van der Waals surface area contributed by atoms with Gasteiger partial charge in [-0.3, -0.25) is 9.55 Å². The second-order valence-corrected chi connectivity index (χ2v) is 7.19. The maximum atomic E-state index is 4.64. The quantitative estimate of drug-likeness (QED) is 0.429. The molecule has 0 aliphatic heterocycles. The fraction of sp³-hybridized carbons (Fsp3) is 0. The topological polar surface area (TPSA) is 56.5 Å². The molecule has 0 fully saturated rings. The van der Waals surface area contributed by atoms with Gasteiger partial charge in [-0.05, 0) is 30.3 Å². The third kappa shape index (κ3) is 1.79. The van der Waals surface area contributed by atoms with Crippen LogP contribution in [0.2, 0.25) is 0 Å². The minimum Gasteiger partial charge on any atom is -0.276 e. The first-order valence-corrected chi connectivity index (χ1v) is 9.04. The molecule has 6 aromatic rings. The van der Waals surface area contributed by atoms with Crippen molar-refractivity contribution in [2.24, 2.45) is 0 Å². The van der Waals surface area contributed by atoms with Gasteiger partial charge in [0.1, 0.15) is 12.7 Å². The van der Waals surface area contributed by atoms with Crippen LogP contribution in [-0.2, 0) is 0 Å². The third-order valence-electron chi connectivity index (χ3n) is 4.70. The van der Waals surface area contributed by atoms with E-state index in [4.69, 9.17) is 0 Å². The largest absolute Gasteiger partial charge is 0.276 e. The minimum atomic E-state index is 0.605. The summed E-state index contributed by atoms with van der Waals surface area (Å²) in [6, 6.07) is 17.0. The van der Waals surface area contributed by atoms with Crippen LogP contribution >= 0.6 is 11.3 Å². The van der Waals surface area contributed by atoms with E-state index in [1.54, 1.807) is 11.3 Å². The standard InChI is InChI=1S/C20H11N5S/c1-2-6-17-12(4-1)13-8-14-16(9-18(13)26-17)25(20-23-10-21-11-24-20)15-5-3-7-22-19(14)15/h1-11H. The van der Waals surface area contributed by atoms with Crippen LogP contribution < -0.4 is 0 Å². The van der Waals surface area contributed by atoms with Crippen molar-refractivity contribution in [3.8, 4) is 5.95 Å². The van der Waals surface area contributed by atoms with Gasteiger partial charge in [-0.2, -0.15) is 0 Å².